The molecule has 1 unspecified atom stereocenters. The summed E-state index contributed by atoms with van der Waals surface area (Å²) in [4.78, 5) is 43.3. The van der Waals surface area contributed by atoms with E-state index >= 15 is 0 Å². The van der Waals surface area contributed by atoms with Gasteiger partial charge in [-0.3, -0.25) is 19.4 Å². The molecule has 2 amide bonds. The molecule has 4 rings (SSSR count). The molecule has 0 spiro atoms. The lowest BCUT2D eigenvalue weighted by molar-refractivity contribution is -0.123. The Kier molecular flexibility index (Phi) is 5.29. The van der Waals surface area contributed by atoms with Gasteiger partial charge in [0.2, 0.25) is 0 Å². The van der Waals surface area contributed by atoms with E-state index in [9.17, 15) is 14.4 Å². The number of piperidine rings is 1. The average molecular weight is 393 g/mol. The number of benzene rings is 1. The van der Waals surface area contributed by atoms with E-state index in [4.69, 9.17) is 4.74 Å². The fourth-order valence-corrected chi connectivity index (χ4v) is 3.83. The first-order valence-corrected chi connectivity index (χ1v) is 9.92. The van der Waals surface area contributed by atoms with Crippen LogP contribution < -0.4 is 10.1 Å². The largest absolute Gasteiger partial charge is 0.478 e. The molecule has 0 aliphatic carbocycles. The lowest BCUT2D eigenvalue weighted by Gasteiger charge is -2.31. The monoisotopic (exact) mass is 393 g/mol. The van der Waals surface area contributed by atoms with Crippen LogP contribution in [0.4, 0.5) is 5.69 Å². The molecule has 150 valence electrons. The highest BCUT2D eigenvalue weighted by molar-refractivity contribution is 6.02. The molecule has 3 heterocycles. The Hall–Kier alpha value is -3.22. The predicted octanol–water partition coefficient (Wildman–Crippen LogP) is 2.93. The molecule has 1 N–H and O–H groups in total. The summed E-state index contributed by atoms with van der Waals surface area (Å²) in [5.74, 6) is 0.268. The lowest BCUT2D eigenvalue weighted by atomic mass is 9.88. The molecule has 1 atom stereocenters. The van der Waals surface area contributed by atoms with Crippen LogP contribution in [0.2, 0.25) is 0 Å². The normalized spacial score (nSPS) is 19.1. The third kappa shape index (κ3) is 3.85. The van der Waals surface area contributed by atoms with E-state index in [1.807, 2.05) is 6.92 Å². The Morgan fingerprint density at radius 1 is 1.14 bits per heavy atom. The molecule has 0 saturated carbocycles. The van der Waals surface area contributed by atoms with Gasteiger partial charge in [0.05, 0.1) is 5.69 Å². The minimum atomic E-state index is -0.494. The van der Waals surface area contributed by atoms with Gasteiger partial charge < -0.3 is 15.0 Å². The van der Waals surface area contributed by atoms with Crippen LogP contribution in [-0.2, 0) is 4.79 Å². The van der Waals surface area contributed by atoms with Crippen molar-refractivity contribution >= 4 is 23.3 Å². The number of nitrogens with zero attached hydrogens (tertiary/aromatic N) is 2. The maximum atomic E-state index is 13.0. The van der Waals surface area contributed by atoms with Crippen LogP contribution in [-0.4, -0.2) is 46.7 Å². The molecular weight excluding hydrogens is 370 g/mol. The Morgan fingerprint density at radius 3 is 2.55 bits per heavy atom. The highest BCUT2D eigenvalue weighted by atomic mass is 16.5. The number of carbonyl (C=O) groups is 3. The summed E-state index contributed by atoms with van der Waals surface area (Å²) in [7, 11) is 0. The topological polar surface area (TPSA) is 88.6 Å². The van der Waals surface area contributed by atoms with Gasteiger partial charge >= 0.3 is 0 Å². The Balaban J connectivity index is 1.41. The number of rotatable bonds is 4. The summed E-state index contributed by atoms with van der Waals surface area (Å²) in [6.45, 7) is 2.97. The third-order valence-electron chi connectivity index (χ3n) is 5.53. The maximum absolute atomic E-state index is 13.0. The fourth-order valence-electron chi connectivity index (χ4n) is 3.83. The van der Waals surface area contributed by atoms with Crippen LogP contribution in [0.15, 0.2) is 42.7 Å². The van der Waals surface area contributed by atoms with Crippen LogP contribution >= 0.6 is 0 Å². The highest BCUT2D eigenvalue weighted by Gasteiger charge is 2.30. The van der Waals surface area contributed by atoms with E-state index in [1.165, 1.54) is 0 Å². The number of ether oxygens (including phenoxy) is 1. The van der Waals surface area contributed by atoms with Gasteiger partial charge in [0.25, 0.3) is 11.8 Å². The van der Waals surface area contributed by atoms with Gasteiger partial charge in [0.1, 0.15) is 5.75 Å². The van der Waals surface area contributed by atoms with Crippen LogP contribution in [0.5, 0.6) is 5.75 Å². The van der Waals surface area contributed by atoms with Gasteiger partial charge in [-0.15, -0.1) is 0 Å². The summed E-state index contributed by atoms with van der Waals surface area (Å²) in [5, 5.41) is 2.83. The number of likely N-dealkylation sites (tertiary alicyclic amines) is 1. The fraction of sp³-hybridized carbons (Fsp3) is 0.364. The number of nitrogens with one attached hydrogen (secondary N) is 1. The molecule has 0 radical (unpaired) electrons. The number of pyridine rings is 1. The Morgan fingerprint density at radius 2 is 1.86 bits per heavy atom. The molecule has 2 aromatic rings. The third-order valence-corrected chi connectivity index (χ3v) is 5.53. The van der Waals surface area contributed by atoms with Crippen LogP contribution in [0, 0.1) is 5.92 Å². The van der Waals surface area contributed by atoms with Crippen molar-refractivity contribution in [1.29, 1.82) is 0 Å². The summed E-state index contributed by atoms with van der Waals surface area (Å²) in [5.41, 5.74) is 1.71. The molecule has 29 heavy (non-hydrogen) atoms. The first kappa shape index (κ1) is 19.1. The van der Waals surface area contributed by atoms with Crippen LogP contribution in [0.3, 0.4) is 0 Å². The zero-order valence-electron chi connectivity index (χ0n) is 16.3. The molecule has 1 aromatic heterocycles. The van der Waals surface area contributed by atoms with Gasteiger partial charge in [0, 0.05) is 42.5 Å². The lowest BCUT2D eigenvalue weighted by Crippen LogP contribution is -2.40. The van der Waals surface area contributed by atoms with Crippen molar-refractivity contribution in [2.24, 2.45) is 5.92 Å². The van der Waals surface area contributed by atoms with E-state index in [0.717, 1.165) is 0 Å². The second-order valence-electron chi connectivity index (χ2n) is 7.38. The van der Waals surface area contributed by atoms with Gasteiger partial charge in [-0.2, -0.15) is 0 Å². The van der Waals surface area contributed by atoms with Crippen molar-refractivity contribution in [3.63, 3.8) is 0 Å². The molecule has 2 aliphatic heterocycles. The standard InChI is InChI=1S/C22H23N3O4/c1-2-18-21(27)24-17-13-16(3-4-19(17)29-18)20(26)14-7-11-25(12-8-14)22(28)15-5-9-23-10-6-15/h3-6,9-10,13-14,18H,2,7-8,11-12H2,1H3,(H,24,27). The van der Waals surface area contributed by atoms with Gasteiger partial charge in [-0.05, 0) is 49.6 Å². The van der Waals surface area contributed by atoms with Gasteiger partial charge in [-0.1, -0.05) is 6.92 Å². The minimum absolute atomic E-state index is 0.0302. The van der Waals surface area contributed by atoms with E-state index in [-0.39, 0.29) is 23.5 Å². The molecule has 1 saturated heterocycles. The van der Waals surface area contributed by atoms with Crippen molar-refractivity contribution in [1.82, 2.24) is 9.88 Å². The summed E-state index contributed by atoms with van der Waals surface area (Å²) < 4.78 is 5.68. The SMILES string of the molecule is CCC1Oc2ccc(C(=O)C3CCN(C(=O)c4ccncc4)CC3)cc2NC1=O. The van der Waals surface area contributed by atoms with Crippen molar-refractivity contribution in [2.75, 3.05) is 18.4 Å². The maximum Gasteiger partial charge on any atom is 0.265 e. The van der Waals surface area contributed by atoms with E-state index < -0.39 is 6.10 Å². The first-order valence-electron chi connectivity index (χ1n) is 9.92. The predicted molar refractivity (Wildman–Crippen MR) is 107 cm³/mol. The molecule has 0 bridgehead atoms. The highest BCUT2D eigenvalue weighted by Crippen LogP contribution is 2.33. The second-order valence-corrected chi connectivity index (χ2v) is 7.38. The smallest absolute Gasteiger partial charge is 0.265 e. The van der Waals surface area contributed by atoms with Crippen LogP contribution in [0.1, 0.15) is 46.9 Å². The number of anilines is 1. The van der Waals surface area contributed by atoms with E-state index in [2.05, 4.69) is 10.3 Å². The molecular formula is C22H23N3O4. The van der Waals surface area contributed by atoms with Crippen molar-refractivity contribution in [3.8, 4) is 5.75 Å². The first-order chi connectivity index (χ1) is 14.1. The quantitative estimate of drug-likeness (QED) is 0.807. The molecule has 1 fully saturated rings. The number of fused-ring (bicyclic) bond motifs is 1. The van der Waals surface area contributed by atoms with Crippen molar-refractivity contribution in [3.05, 3.63) is 53.9 Å². The van der Waals surface area contributed by atoms with E-state index in [1.54, 1.807) is 47.6 Å². The number of hydrogen-bond donors (Lipinski definition) is 1. The van der Waals surface area contributed by atoms with Crippen molar-refractivity contribution < 1.29 is 19.1 Å². The number of ketones is 1. The second kappa shape index (κ2) is 8.03. The Labute approximate surface area is 169 Å². The molecule has 7 nitrogen and oxygen atoms in total. The summed E-state index contributed by atoms with van der Waals surface area (Å²) in [6.07, 6.45) is 4.53. The average Bonchev–Trinajstić information content (AvgIpc) is 2.78. The zero-order chi connectivity index (χ0) is 20.4. The minimum Gasteiger partial charge on any atom is -0.478 e. The van der Waals surface area contributed by atoms with E-state index in [0.29, 0.717) is 54.9 Å². The zero-order valence-corrected chi connectivity index (χ0v) is 16.3. The van der Waals surface area contributed by atoms with Crippen LogP contribution in [0.25, 0.3) is 0 Å². The summed E-state index contributed by atoms with van der Waals surface area (Å²) in [6, 6.07) is 8.58. The molecule has 2 aliphatic rings. The van der Waals surface area contributed by atoms with Gasteiger partial charge in [0.15, 0.2) is 11.9 Å². The molecule has 1 aromatic carbocycles. The molecule has 7 heteroatoms. The summed E-state index contributed by atoms with van der Waals surface area (Å²) >= 11 is 0. The Bertz CT molecular complexity index is 936. The number of amides is 2. The number of hydrogen-bond acceptors (Lipinski definition) is 5. The van der Waals surface area contributed by atoms with Gasteiger partial charge in [-0.25, -0.2) is 0 Å². The van der Waals surface area contributed by atoms with Crippen molar-refractivity contribution in [2.45, 2.75) is 32.3 Å². The number of aromatic nitrogens is 1. The number of Topliss-reactive ketones (excluding diaryl/α,β-unsaturated/α-hetero) is 1. The number of carbonyl (C=O) groups excluding carboxylic acids is 3.